The Bertz CT molecular complexity index is 807. The number of nitrogens with zero attached hydrogens (tertiary/aromatic N) is 3. The molecule has 0 aliphatic rings. The zero-order valence-corrected chi connectivity index (χ0v) is 10.9. The van der Waals surface area contributed by atoms with E-state index in [1.54, 1.807) is 12.5 Å². The SMILES string of the molecule is CSc1nnc(-c2c[nH]c3ccccc23)c(=O)n1N. The van der Waals surface area contributed by atoms with Crippen LogP contribution in [0.15, 0.2) is 40.4 Å². The molecule has 2 aromatic heterocycles. The lowest BCUT2D eigenvalue weighted by molar-refractivity contribution is 0.705. The van der Waals surface area contributed by atoms with Crippen LogP contribution in [0.3, 0.4) is 0 Å². The van der Waals surface area contributed by atoms with Gasteiger partial charge in [0.05, 0.1) is 0 Å². The molecule has 0 unspecified atom stereocenters. The highest BCUT2D eigenvalue weighted by atomic mass is 32.2. The first-order valence-corrected chi connectivity index (χ1v) is 6.80. The third-order valence-electron chi connectivity index (χ3n) is 2.89. The minimum absolute atomic E-state index is 0.248. The van der Waals surface area contributed by atoms with Crippen LogP contribution in [0.25, 0.3) is 22.2 Å². The second-order valence-electron chi connectivity index (χ2n) is 3.96. The number of fused-ring (bicyclic) bond motifs is 1. The van der Waals surface area contributed by atoms with Crippen LogP contribution in [0.2, 0.25) is 0 Å². The van der Waals surface area contributed by atoms with Gasteiger partial charge in [0.1, 0.15) is 0 Å². The minimum Gasteiger partial charge on any atom is -0.360 e. The first-order valence-electron chi connectivity index (χ1n) is 5.57. The Labute approximate surface area is 112 Å². The fourth-order valence-electron chi connectivity index (χ4n) is 1.96. The number of hydrogen-bond acceptors (Lipinski definition) is 5. The van der Waals surface area contributed by atoms with Crippen LogP contribution in [-0.2, 0) is 0 Å². The molecule has 0 saturated carbocycles. The predicted octanol–water partition coefficient (Wildman–Crippen LogP) is 1.22. The van der Waals surface area contributed by atoms with Gasteiger partial charge in [-0.15, -0.1) is 10.2 Å². The molecular weight excluding hydrogens is 262 g/mol. The normalized spacial score (nSPS) is 11.0. The van der Waals surface area contributed by atoms with Gasteiger partial charge >= 0.3 is 0 Å². The standard InChI is InChI=1S/C12H11N5OS/c1-19-12-16-15-10(11(18)17(12)13)8-6-14-9-5-3-2-4-7(8)9/h2-6,14H,13H2,1H3. The maximum atomic E-state index is 12.2. The Morgan fingerprint density at radius 1 is 1.32 bits per heavy atom. The van der Waals surface area contributed by atoms with Gasteiger partial charge < -0.3 is 10.8 Å². The van der Waals surface area contributed by atoms with Crippen LogP contribution in [0.1, 0.15) is 0 Å². The van der Waals surface area contributed by atoms with Crippen LogP contribution in [0, 0.1) is 0 Å². The van der Waals surface area contributed by atoms with Crippen molar-refractivity contribution in [3.8, 4) is 11.3 Å². The predicted molar refractivity (Wildman–Crippen MR) is 75.5 cm³/mol. The number of nitrogens with one attached hydrogen (secondary N) is 1. The van der Waals surface area contributed by atoms with Gasteiger partial charge in [-0.05, 0) is 12.3 Å². The van der Waals surface area contributed by atoms with Crippen molar-refractivity contribution < 1.29 is 0 Å². The van der Waals surface area contributed by atoms with Gasteiger partial charge in [-0.1, -0.05) is 30.0 Å². The molecule has 96 valence electrons. The molecule has 0 bridgehead atoms. The molecule has 0 atom stereocenters. The van der Waals surface area contributed by atoms with Gasteiger partial charge in [0.15, 0.2) is 5.69 Å². The summed E-state index contributed by atoms with van der Waals surface area (Å²) >= 11 is 1.28. The summed E-state index contributed by atoms with van der Waals surface area (Å²) in [6.07, 6.45) is 3.53. The van der Waals surface area contributed by atoms with Gasteiger partial charge in [0.2, 0.25) is 5.16 Å². The number of nitrogen functional groups attached to an aromatic ring is 1. The number of benzene rings is 1. The summed E-state index contributed by atoms with van der Waals surface area (Å²) in [6.45, 7) is 0. The number of aromatic amines is 1. The van der Waals surface area contributed by atoms with E-state index in [0.717, 1.165) is 15.6 Å². The summed E-state index contributed by atoms with van der Waals surface area (Å²) in [6, 6.07) is 7.69. The molecule has 19 heavy (non-hydrogen) atoms. The molecule has 0 spiro atoms. The fraction of sp³-hybridized carbons (Fsp3) is 0.0833. The Balaban J connectivity index is 2.28. The lowest BCUT2D eigenvalue weighted by Crippen LogP contribution is -2.31. The highest BCUT2D eigenvalue weighted by Gasteiger charge is 2.14. The highest BCUT2D eigenvalue weighted by Crippen LogP contribution is 2.24. The smallest absolute Gasteiger partial charge is 0.299 e. The van der Waals surface area contributed by atoms with Crippen molar-refractivity contribution in [3.63, 3.8) is 0 Å². The van der Waals surface area contributed by atoms with Crippen LogP contribution in [-0.4, -0.2) is 26.1 Å². The van der Waals surface area contributed by atoms with E-state index in [0.29, 0.717) is 10.7 Å². The van der Waals surface area contributed by atoms with Gasteiger partial charge in [0, 0.05) is 22.7 Å². The van der Waals surface area contributed by atoms with Gasteiger partial charge in [-0.25, -0.2) is 0 Å². The Morgan fingerprint density at radius 2 is 2.11 bits per heavy atom. The molecule has 3 aromatic rings. The van der Waals surface area contributed by atoms with Crippen molar-refractivity contribution in [1.82, 2.24) is 19.9 Å². The fourth-order valence-corrected chi connectivity index (χ4v) is 2.36. The topological polar surface area (TPSA) is 89.6 Å². The van der Waals surface area contributed by atoms with Crippen LogP contribution in [0.4, 0.5) is 0 Å². The number of para-hydroxylation sites is 1. The first-order chi connectivity index (χ1) is 9.22. The number of hydrogen-bond donors (Lipinski definition) is 2. The van der Waals surface area contributed by atoms with Crippen molar-refractivity contribution >= 4 is 22.7 Å². The quantitative estimate of drug-likeness (QED) is 0.541. The largest absolute Gasteiger partial charge is 0.360 e. The molecule has 6 nitrogen and oxygen atoms in total. The van der Waals surface area contributed by atoms with Crippen LogP contribution < -0.4 is 11.4 Å². The second kappa shape index (κ2) is 4.43. The molecule has 0 aliphatic heterocycles. The van der Waals surface area contributed by atoms with E-state index in [1.807, 2.05) is 24.3 Å². The summed E-state index contributed by atoms with van der Waals surface area (Å²) < 4.78 is 1.02. The number of rotatable bonds is 2. The molecule has 3 N–H and O–H groups in total. The zero-order valence-electron chi connectivity index (χ0n) is 10.1. The van der Waals surface area contributed by atoms with Crippen molar-refractivity contribution in [2.24, 2.45) is 0 Å². The maximum absolute atomic E-state index is 12.2. The van der Waals surface area contributed by atoms with Crippen molar-refractivity contribution in [2.45, 2.75) is 5.16 Å². The van der Waals surface area contributed by atoms with Crippen molar-refractivity contribution in [3.05, 3.63) is 40.8 Å². The average Bonchev–Trinajstić information content (AvgIpc) is 2.86. The third-order valence-corrected chi connectivity index (χ3v) is 3.53. The number of nitrogens with two attached hydrogens (primary N) is 1. The molecule has 2 heterocycles. The van der Waals surface area contributed by atoms with Crippen molar-refractivity contribution in [2.75, 3.05) is 12.1 Å². The molecule has 0 saturated heterocycles. The van der Waals surface area contributed by atoms with E-state index >= 15 is 0 Å². The van der Waals surface area contributed by atoms with E-state index in [-0.39, 0.29) is 11.3 Å². The van der Waals surface area contributed by atoms with E-state index < -0.39 is 0 Å². The molecular formula is C12H11N5OS. The number of thioether (sulfide) groups is 1. The molecule has 0 fully saturated rings. The van der Waals surface area contributed by atoms with E-state index in [2.05, 4.69) is 15.2 Å². The summed E-state index contributed by atoms with van der Waals surface area (Å²) in [5.41, 5.74) is 1.54. The number of aromatic nitrogens is 4. The summed E-state index contributed by atoms with van der Waals surface area (Å²) in [5, 5.41) is 9.26. The lowest BCUT2D eigenvalue weighted by Gasteiger charge is -2.04. The molecule has 0 aliphatic carbocycles. The van der Waals surface area contributed by atoms with E-state index in [9.17, 15) is 4.79 Å². The first kappa shape index (κ1) is 11.8. The second-order valence-corrected chi connectivity index (χ2v) is 4.73. The third kappa shape index (κ3) is 1.78. The Kier molecular flexibility index (Phi) is 2.75. The number of H-pyrrole nitrogens is 1. The minimum atomic E-state index is -0.357. The van der Waals surface area contributed by atoms with E-state index in [1.165, 1.54) is 11.8 Å². The molecule has 3 rings (SSSR count). The van der Waals surface area contributed by atoms with Crippen LogP contribution in [0.5, 0.6) is 0 Å². The molecule has 0 radical (unpaired) electrons. The monoisotopic (exact) mass is 273 g/mol. The molecule has 1 aromatic carbocycles. The Hall–Kier alpha value is -2.28. The lowest BCUT2D eigenvalue weighted by atomic mass is 10.1. The Morgan fingerprint density at radius 3 is 2.89 bits per heavy atom. The van der Waals surface area contributed by atoms with E-state index in [4.69, 9.17) is 5.84 Å². The molecule has 0 amide bonds. The van der Waals surface area contributed by atoms with Gasteiger partial charge in [-0.3, -0.25) is 4.79 Å². The van der Waals surface area contributed by atoms with Gasteiger partial charge in [0.25, 0.3) is 5.56 Å². The molecule has 7 heteroatoms. The highest BCUT2D eigenvalue weighted by molar-refractivity contribution is 7.98. The zero-order chi connectivity index (χ0) is 13.4. The summed E-state index contributed by atoms with van der Waals surface area (Å²) in [7, 11) is 0. The summed E-state index contributed by atoms with van der Waals surface area (Å²) in [5.74, 6) is 5.71. The average molecular weight is 273 g/mol. The maximum Gasteiger partial charge on any atom is 0.299 e. The summed E-state index contributed by atoms with van der Waals surface area (Å²) in [4.78, 5) is 15.3. The van der Waals surface area contributed by atoms with Gasteiger partial charge in [-0.2, -0.15) is 4.68 Å². The van der Waals surface area contributed by atoms with Crippen LogP contribution >= 0.6 is 11.8 Å². The van der Waals surface area contributed by atoms with Crippen molar-refractivity contribution in [1.29, 1.82) is 0 Å².